The van der Waals surface area contributed by atoms with Crippen molar-refractivity contribution in [2.75, 3.05) is 20.1 Å². The fraction of sp³-hybridized carbons (Fsp3) is 0.350. The predicted octanol–water partition coefficient (Wildman–Crippen LogP) is 2.91. The zero-order valence-corrected chi connectivity index (χ0v) is 16.9. The van der Waals surface area contributed by atoms with E-state index in [1.165, 1.54) is 12.1 Å². The second-order valence-corrected chi connectivity index (χ2v) is 8.61. The van der Waals surface area contributed by atoms with E-state index in [0.717, 1.165) is 31.5 Å². The maximum atomic E-state index is 12.7. The van der Waals surface area contributed by atoms with E-state index >= 15 is 0 Å². The van der Waals surface area contributed by atoms with Crippen molar-refractivity contribution in [1.82, 2.24) is 10.2 Å². The normalized spacial score (nSPS) is 16.8. The van der Waals surface area contributed by atoms with E-state index in [1.807, 2.05) is 30.1 Å². The third-order valence-electron chi connectivity index (χ3n) is 4.74. The van der Waals surface area contributed by atoms with Gasteiger partial charge in [0.1, 0.15) is 0 Å². The van der Waals surface area contributed by atoms with Gasteiger partial charge in [0.05, 0.1) is 10.6 Å². The Morgan fingerprint density at radius 3 is 2.41 bits per heavy atom. The summed E-state index contributed by atoms with van der Waals surface area (Å²) in [5, 5.41) is 3.12. The number of hydrogen-bond acceptors (Lipinski definition) is 4. The molecule has 1 unspecified atom stereocenters. The van der Waals surface area contributed by atoms with Crippen LogP contribution in [0.15, 0.2) is 59.5 Å². The molecule has 0 aromatic heterocycles. The van der Waals surface area contributed by atoms with Crippen LogP contribution in [-0.2, 0) is 15.6 Å². The number of sulfone groups is 1. The largest absolute Gasteiger partial charge is 0.334 e. The fourth-order valence-corrected chi connectivity index (χ4v) is 4.75. The third kappa shape index (κ3) is 5.09. The molecule has 0 spiro atoms. The number of nitrogens with zero attached hydrogens (tertiary/aromatic N) is 1. The summed E-state index contributed by atoms with van der Waals surface area (Å²) in [4.78, 5) is 14.9. The van der Waals surface area contributed by atoms with Crippen molar-refractivity contribution >= 4 is 28.2 Å². The van der Waals surface area contributed by atoms with E-state index < -0.39 is 9.84 Å². The fourth-order valence-electron chi connectivity index (χ4n) is 3.40. The zero-order chi connectivity index (χ0) is 18.6. The topological polar surface area (TPSA) is 66.5 Å². The number of carbonyl (C=O) groups excluding carboxylic acids is 1. The highest BCUT2D eigenvalue weighted by Gasteiger charge is 2.29. The number of benzene rings is 2. The van der Waals surface area contributed by atoms with Crippen LogP contribution in [0.3, 0.4) is 0 Å². The maximum absolute atomic E-state index is 12.7. The minimum absolute atomic E-state index is 0. The van der Waals surface area contributed by atoms with Gasteiger partial charge in [-0.15, -0.1) is 12.4 Å². The van der Waals surface area contributed by atoms with Gasteiger partial charge in [0.25, 0.3) is 5.91 Å². The Hall–Kier alpha value is -1.89. The summed E-state index contributed by atoms with van der Waals surface area (Å²) in [6.07, 6.45) is 2.00. The van der Waals surface area contributed by atoms with Crippen LogP contribution in [0.5, 0.6) is 0 Å². The second kappa shape index (κ2) is 9.35. The van der Waals surface area contributed by atoms with Gasteiger partial charge in [0.15, 0.2) is 9.84 Å². The van der Waals surface area contributed by atoms with Gasteiger partial charge in [-0.3, -0.25) is 4.79 Å². The molecule has 1 atom stereocenters. The molecule has 27 heavy (non-hydrogen) atoms. The van der Waals surface area contributed by atoms with Crippen molar-refractivity contribution in [2.24, 2.45) is 0 Å². The number of halogens is 1. The number of amides is 1. The van der Waals surface area contributed by atoms with Crippen LogP contribution in [0.25, 0.3) is 0 Å². The lowest BCUT2D eigenvalue weighted by atomic mass is 10.1. The molecule has 1 N–H and O–H groups in total. The quantitative estimate of drug-likeness (QED) is 0.798. The summed E-state index contributed by atoms with van der Waals surface area (Å²) in [7, 11) is -1.55. The zero-order valence-electron chi connectivity index (χ0n) is 15.3. The van der Waals surface area contributed by atoms with Crippen molar-refractivity contribution in [3.63, 3.8) is 0 Å². The van der Waals surface area contributed by atoms with Crippen molar-refractivity contribution in [1.29, 1.82) is 0 Å². The summed E-state index contributed by atoms with van der Waals surface area (Å²) in [5.74, 6) is -0.0768. The molecular weight excluding hydrogens is 384 g/mol. The molecule has 0 aliphatic carbocycles. The molecule has 3 rings (SSSR count). The van der Waals surface area contributed by atoms with Crippen LogP contribution in [-0.4, -0.2) is 45.4 Å². The van der Waals surface area contributed by atoms with E-state index in [4.69, 9.17) is 0 Å². The van der Waals surface area contributed by atoms with E-state index in [-0.39, 0.29) is 35.0 Å². The van der Waals surface area contributed by atoms with Gasteiger partial charge >= 0.3 is 0 Å². The molecule has 1 fully saturated rings. The molecule has 0 bridgehead atoms. The molecule has 0 radical (unpaired) electrons. The molecule has 2 aromatic carbocycles. The number of hydrogen-bond donors (Lipinski definition) is 1. The Morgan fingerprint density at radius 2 is 1.78 bits per heavy atom. The minimum Gasteiger partial charge on any atom is -0.334 e. The molecule has 2 aromatic rings. The third-order valence-corrected chi connectivity index (χ3v) is 6.44. The average molecular weight is 409 g/mol. The van der Waals surface area contributed by atoms with Gasteiger partial charge in [-0.2, -0.15) is 0 Å². The molecule has 1 aliphatic rings. The summed E-state index contributed by atoms with van der Waals surface area (Å²) in [5.41, 5.74) is 1.28. The number of rotatable bonds is 6. The van der Waals surface area contributed by atoms with Gasteiger partial charge in [-0.1, -0.05) is 30.3 Å². The van der Waals surface area contributed by atoms with Crippen molar-refractivity contribution in [2.45, 2.75) is 29.5 Å². The Kier molecular flexibility index (Phi) is 7.41. The lowest BCUT2D eigenvalue weighted by molar-refractivity contribution is 0.0737. The Labute approximate surface area is 167 Å². The SMILES string of the molecule is CNCC1CCCN1C(=O)c1ccc(S(=O)(=O)Cc2ccccc2)cc1.Cl. The molecule has 0 saturated carbocycles. The second-order valence-electron chi connectivity index (χ2n) is 6.62. The Bertz CT molecular complexity index is 855. The molecule has 1 aliphatic heterocycles. The van der Waals surface area contributed by atoms with E-state index in [2.05, 4.69) is 5.32 Å². The van der Waals surface area contributed by atoms with Gasteiger partial charge in [0, 0.05) is 24.7 Å². The standard InChI is InChI=1S/C20H24N2O3S.ClH/c1-21-14-18-8-5-13-22(18)20(23)17-9-11-19(12-10-17)26(24,25)15-16-6-3-2-4-7-16;/h2-4,6-7,9-12,18,21H,5,8,13-15H2,1H3;1H. The molecular formula is C20H25ClN2O3S. The smallest absolute Gasteiger partial charge is 0.254 e. The summed E-state index contributed by atoms with van der Waals surface area (Å²) < 4.78 is 25.1. The van der Waals surface area contributed by atoms with Gasteiger partial charge in [-0.05, 0) is 49.7 Å². The molecule has 1 heterocycles. The Morgan fingerprint density at radius 1 is 1.11 bits per heavy atom. The first-order valence-electron chi connectivity index (χ1n) is 8.83. The molecule has 146 valence electrons. The number of nitrogens with one attached hydrogen (secondary N) is 1. The monoisotopic (exact) mass is 408 g/mol. The van der Waals surface area contributed by atoms with Crippen LogP contribution in [0.1, 0.15) is 28.8 Å². The number of carbonyl (C=O) groups is 1. The summed E-state index contributed by atoms with van der Waals surface area (Å²) in [6.45, 7) is 1.52. The van der Waals surface area contributed by atoms with Crippen LogP contribution in [0, 0.1) is 0 Å². The molecule has 1 amide bonds. The van der Waals surface area contributed by atoms with Gasteiger partial charge < -0.3 is 10.2 Å². The predicted molar refractivity (Wildman–Crippen MR) is 109 cm³/mol. The number of likely N-dealkylation sites (tertiary alicyclic amines) is 1. The van der Waals surface area contributed by atoms with Crippen molar-refractivity contribution in [3.8, 4) is 0 Å². The molecule has 5 nitrogen and oxygen atoms in total. The van der Waals surface area contributed by atoms with Gasteiger partial charge in [-0.25, -0.2) is 8.42 Å². The maximum Gasteiger partial charge on any atom is 0.254 e. The van der Waals surface area contributed by atoms with E-state index in [0.29, 0.717) is 5.56 Å². The van der Waals surface area contributed by atoms with Crippen LogP contribution in [0.4, 0.5) is 0 Å². The average Bonchev–Trinajstić information content (AvgIpc) is 3.10. The van der Waals surface area contributed by atoms with E-state index in [9.17, 15) is 13.2 Å². The minimum atomic E-state index is -3.43. The number of likely N-dealkylation sites (N-methyl/N-ethyl adjacent to an activating group) is 1. The molecule has 1 saturated heterocycles. The first-order valence-corrected chi connectivity index (χ1v) is 10.5. The summed E-state index contributed by atoms with van der Waals surface area (Å²) >= 11 is 0. The van der Waals surface area contributed by atoms with Crippen molar-refractivity contribution < 1.29 is 13.2 Å². The highest BCUT2D eigenvalue weighted by Crippen LogP contribution is 2.22. The highest BCUT2D eigenvalue weighted by molar-refractivity contribution is 7.90. The summed E-state index contributed by atoms with van der Waals surface area (Å²) in [6, 6.07) is 15.6. The van der Waals surface area contributed by atoms with Gasteiger partial charge in [0.2, 0.25) is 0 Å². The first kappa shape index (κ1) is 21.4. The lowest BCUT2D eigenvalue weighted by Crippen LogP contribution is -2.40. The van der Waals surface area contributed by atoms with Crippen molar-refractivity contribution in [3.05, 3.63) is 65.7 Å². The van der Waals surface area contributed by atoms with Crippen LogP contribution < -0.4 is 5.32 Å². The Balaban J connectivity index is 0.00000261. The highest BCUT2D eigenvalue weighted by atomic mass is 35.5. The van der Waals surface area contributed by atoms with E-state index in [1.54, 1.807) is 24.3 Å². The first-order chi connectivity index (χ1) is 12.5. The molecule has 7 heteroatoms. The van der Waals surface area contributed by atoms with Crippen LogP contribution in [0.2, 0.25) is 0 Å². The van der Waals surface area contributed by atoms with Crippen LogP contribution >= 0.6 is 12.4 Å². The lowest BCUT2D eigenvalue weighted by Gasteiger charge is -2.24.